The van der Waals surface area contributed by atoms with Gasteiger partial charge in [-0.1, -0.05) is 24.3 Å². The minimum Gasteiger partial charge on any atom is -0.494 e. The number of amides is 1. The normalized spacial score (nSPS) is 17.5. The highest BCUT2D eigenvalue weighted by Crippen LogP contribution is 2.20. The van der Waals surface area contributed by atoms with E-state index in [1.165, 1.54) is 0 Å². The number of nitrogens with one attached hydrogen (secondary N) is 1. The van der Waals surface area contributed by atoms with Crippen molar-refractivity contribution in [2.45, 2.75) is 32.6 Å². The van der Waals surface area contributed by atoms with Crippen LogP contribution in [0.25, 0.3) is 0 Å². The lowest BCUT2D eigenvalue weighted by Crippen LogP contribution is -2.34. The number of allylic oxidation sites excluding steroid dienone is 2. The molecule has 5 heteroatoms. The summed E-state index contributed by atoms with van der Waals surface area (Å²) in [6, 6.07) is 7.41. The number of carboxylic acid groups (broad SMARTS) is 1. The number of hydrogen-bond donors (Lipinski definition) is 2. The predicted octanol–water partition coefficient (Wildman–Crippen LogP) is 2.80. The quantitative estimate of drug-likeness (QED) is 0.682. The summed E-state index contributed by atoms with van der Waals surface area (Å²) < 4.78 is 5.38. The number of ether oxygens (including phenoxy) is 1. The summed E-state index contributed by atoms with van der Waals surface area (Å²) in [5.41, 5.74) is 0.916. The van der Waals surface area contributed by atoms with E-state index in [1.807, 2.05) is 31.2 Å². The van der Waals surface area contributed by atoms with Crippen molar-refractivity contribution in [1.82, 2.24) is 5.32 Å². The first kappa shape index (κ1) is 18.0. The van der Waals surface area contributed by atoms with Gasteiger partial charge in [-0.05, 0) is 49.8 Å². The van der Waals surface area contributed by atoms with Gasteiger partial charge in [-0.3, -0.25) is 9.59 Å². The third-order valence-corrected chi connectivity index (χ3v) is 4.17. The second-order valence-electron chi connectivity index (χ2n) is 6.09. The number of rotatable bonds is 9. The molecule has 0 aliphatic heterocycles. The number of aliphatic carboxylic acids is 1. The summed E-state index contributed by atoms with van der Waals surface area (Å²) in [4.78, 5) is 23.4. The zero-order valence-corrected chi connectivity index (χ0v) is 14.0. The van der Waals surface area contributed by atoms with E-state index in [-0.39, 0.29) is 12.5 Å². The van der Waals surface area contributed by atoms with Gasteiger partial charge >= 0.3 is 5.97 Å². The Labute approximate surface area is 142 Å². The van der Waals surface area contributed by atoms with Gasteiger partial charge < -0.3 is 15.2 Å². The largest absolute Gasteiger partial charge is 0.494 e. The van der Waals surface area contributed by atoms with Crippen LogP contribution in [-0.4, -0.2) is 30.1 Å². The molecule has 1 aliphatic carbocycles. The number of hydrogen-bond acceptors (Lipinski definition) is 3. The molecule has 0 saturated heterocycles. The lowest BCUT2D eigenvalue weighted by Gasteiger charge is -2.15. The van der Waals surface area contributed by atoms with Crippen LogP contribution in [0.2, 0.25) is 0 Å². The van der Waals surface area contributed by atoms with E-state index in [0.717, 1.165) is 24.2 Å². The predicted molar refractivity (Wildman–Crippen MR) is 91.9 cm³/mol. The topological polar surface area (TPSA) is 75.6 Å². The molecule has 1 amide bonds. The zero-order chi connectivity index (χ0) is 17.4. The molecule has 130 valence electrons. The molecule has 1 aromatic carbocycles. The average Bonchev–Trinajstić information content (AvgIpc) is 3.06. The molecule has 2 rings (SSSR count). The van der Waals surface area contributed by atoms with Crippen molar-refractivity contribution < 1.29 is 19.4 Å². The van der Waals surface area contributed by atoms with Gasteiger partial charge in [0.2, 0.25) is 5.91 Å². The molecule has 2 N–H and O–H groups in total. The van der Waals surface area contributed by atoms with Gasteiger partial charge in [0.25, 0.3) is 0 Å². The van der Waals surface area contributed by atoms with E-state index in [4.69, 9.17) is 4.74 Å². The summed E-state index contributed by atoms with van der Waals surface area (Å²) in [5.74, 6) is -0.550. The molecule has 0 spiro atoms. The molecular formula is C19H25NO4. The van der Waals surface area contributed by atoms with E-state index < -0.39 is 11.9 Å². The lowest BCUT2D eigenvalue weighted by molar-refractivity contribution is -0.141. The maximum absolute atomic E-state index is 11.9. The molecule has 5 nitrogen and oxygen atoms in total. The van der Waals surface area contributed by atoms with Crippen molar-refractivity contribution in [2.75, 3.05) is 13.2 Å². The highest BCUT2D eigenvalue weighted by Gasteiger charge is 2.20. The lowest BCUT2D eigenvalue weighted by atomic mass is 9.99. The minimum atomic E-state index is -0.898. The second-order valence-corrected chi connectivity index (χ2v) is 6.09. The van der Waals surface area contributed by atoms with Gasteiger partial charge in [-0.2, -0.15) is 0 Å². The Bertz CT molecular complexity index is 580. The van der Waals surface area contributed by atoms with E-state index in [0.29, 0.717) is 25.4 Å². The Morgan fingerprint density at radius 3 is 2.67 bits per heavy atom. The van der Waals surface area contributed by atoms with Crippen LogP contribution in [-0.2, 0) is 16.0 Å². The first-order valence-corrected chi connectivity index (χ1v) is 8.46. The van der Waals surface area contributed by atoms with Crippen LogP contribution < -0.4 is 10.1 Å². The molecule has 2 atom stereocenters. The molecule has 0 aromatic heterocycles. The number of benzene rings is 1. The monoisotopic (exact) mass is 331 g/mol. The molecule has 0 fully saturated rings. The maximum atomic E-state index is 11.9. The molecule has 1 aromatic rings. The van der Waals surface area contributed by atoms with Crippen LogP contribution >= 0.6 is 0 Å². The Hall–Kier alpha value is -2.30. The SMILES string of the molecule is CCOc1ccc(CC(CNC(=O)CC2C=CCC2)C(=O)O)cc1. The summed E-state index contributed by atoms with van der Waals surface area (Å²) >= 11 is 0. The van der Waals surface area contributed by atoms with Gasteiger partial charge in [0.15, 0.2) is 0 Å². The minimum absolute atomic E-state index is 0.0792. The van der Waals surface area contributed by atoms with Gasteiger partial charge in [-0.15, -0.1) is 0 Å². The third kappa shape index (κ3) is 5.72. The summed E-state index contributed by atoms with van der Waals surface area (Å²) in [7, 11) is 0. The van der Waals surface area contributed by atoms with Crippen molar-refractivity contribution in [1.29, 1.82) is 0 Å². The number of carbonyl (C=O) groups is 2. The average molecular weight is 331 g/mol. The smallest absolute Gasteiger partial charge is 0.308 e. The van der Waals surface area contributed by atoms with Crippen LogP contribution in [0.4, 0.5) is 0 Å². The van der Waals surface area contributed by atoms with Crippen LogP contribution in [0.5, 0.6) is 5.75 Å². The fourth-order valence-electron chi connectivity index (χ4n) is 2.83. The fraction of sp³-hybridized carbons (Fsp3) is 0.474. The molecule has 1 aliphatic rings. The van der Waals surface area contributed by atoms with E-state index >= 15 is 0 Å². The highest BCUT2D eigenvalue weighted by atomic mass is 16.5. The van der Waals surface area contributed by atoms with Crippen molar-refractivity contribution in [2.24, 2.45) is 11.8 Å². The summed E-state index contributed by atoms with van der Waals surface area (Å²) in [5, 5.41) is 12.1. The van der Waals surface area contributed by atoms with Crippen LogP contribution in [0.1, 0.15) is 31.7 Å². The summed E-state index contributed by atoms with van der Waals surface area (Å²) in [6.07, 6.45) is 6.99. The van der Waals surface area contributed by atoms with E-state index in [2.05, 4.69) is 17.5 Å². The van der Waals surface area contributed by atoms with Crippen molar-refractivity contribution in [3.05, 3.63) is 42.0 Å². The van der Waals surface area contributed by atoms with Gasteiger partial charge in [0.1, 0.15) is 5.75 Å². The molecular weight excluding hydrogens is 306 g/mol. The summed E-state index contributed by atoms with van der Waals surface area (Å²) in [6.45, 7) is 2.66. The third-order valence-electron chi connectivity index (χ3n) is 4.17. The van der Waals surface area contributed by atoms with Crippen LogP contribution in [0.3, 0.4) is 0 Å². The van der Waals surface area contributed by atoms with E-state index in [9.17, 15) is 14.7 Å². The van der Waals surface area contributed by atoms with Crippen molar-refractivity contribution in [3.8, 4) is 5.75 Å². The molecule has 0 bridgehead atoms. The van der Waals surface area contributed by atoms with Crippen LogP contribution in [0, 0.1) is 11.8 Å². The van der Waals surface area contributed by atoms with Crippen molar-refractivity contribution in [3.63, 3.8) is 0 Å². The standard InChI is InChI=1S/C19H25NO4/c1-2-24-17-9-7-15(8-10-17)11-16(19(22)23)13-20-18(21)12-14-5-3-4-6-14/h3,5,7-10,14,16H,2,4,6,11-13H2,1H3,(H,20,21)(H,22,23). The first-order valence-electron chi connectivity index (χ1n) is 8.46. The number of carbonyl (C=O) groups excluding carboxylic acids is 1. The van der Waals surface area contributed by atoms with Gasteiger partial charge in [-0.25, -0.2) is 0 Å². The highest BCUT2D eigenvalue weighted by molar-refractivity contribution is 5.78. The molecule has 0 saturated carbocycles. The fourth-order valence-corrected chi connectivity index (χ4v) is 2.83. The molecule has 24 heavy (non-hydrogen) atoms. The zero-order valence-electron chi connectivity index (χ0n) is 14.0. The van der Waals surface area contributed by atoms with Gasteiger partial charge in [0, 0.05) is 13.0 Å². The van der Waals surface area contributed by atoms with Crippen LogP contribution in [0.15, 0.2) is 36.4 Å². The first-order chi connectivity index (χ1) is 11.6. The molecule has 0 heterocycles. The molecule has 0 radical (unpaired) electrons. The Morgan fingerprint density at radius 2 is 2.08 bits per heavy atom. The Morgan fingerprint density at radius 1 is 1.33 bits per heavy atom. The van der Waals surface area contributed by atoms with Gasteiger partial charge in [0.05, 0.1) is 12.5 Å². The Balaban J connectivity index is 1.83. The van der Waals surface area contributed by atoms with Crippen molar-refractivity contribution >= 4 is 11.9 Å². The van der Waals surface area contributed by atoms with E-state index in [1.54, 1.807) is 0 Å². The second kappa shape index (κ2) is 9.11. The number of carboxylic acids is 1. The Kier molecular flexibility index (Phi) is 6.85. The maximum Gasteiger partial charge on any atom is 0.308 e. The molecule has 2 unspecified atom stereocenters.